The molecule has 3 nitrogen and oxygen atoms in total. The summed E-state index contributed by atoms with van der Waals surface area (Å²) in [6.45, 7) is 5.83. The summed E-state index contributed by atoms with van der Waals surface area (Å²) in [5, 5.41) is 1.25. The standard InChI is InChI=1S/C27H26N2O/c1-19-17-20(2)25-24(18-19)23-14-16-28(22-11-7-4-8-12-22)27(30)26(23)29(25)15-13-21-9-5-3-6-10-21/h3-12,17-18H,13-16H2,1-2H3. The van der Waals surface area contributed by atoms with Crippen LogP contribution in [0.1, 0.15) is 32.7 Å². The molecule has 2 heterocycles. The molecular formula is C27H26N2O. The van der Waals surface area contributed by atoms with E-state index in [9.17, 15) is 4.79 Å². The van der Waals surface area contributed by atoms with Crippen LogP contribution in [0.2, 0.25) is 0 Å². The zero-order valence-corrected chi connectivity index (χ0v) is 17.6. The fourth-order valence-electron chi connectivity index (χ4n) is 4.86. The zero-order valence-electron chi connectivity index (χ0n) is 17.6. The Labute approximate surface area is 177 Å². The van der Waals surface area contributed by atoms with Crippen molar-refractivity contribution in [2.75, 3.05) is 11.4 Å². The Morgan fingerprint density at radius 3 is 2.33 bits per heavy atom. The lowest BCUT2D eigenvalue weighted by Crippen LogP contribution is -2.38. The monoisotopic (exact) mass is 394 g/mol. The molecule has 1 amide bonds. The zero-order chi connectivity index (χ0) is 20.7. The van der Waals surface area contributed by atoms with Crippen molar-refractivity contribution in [1.29, 1.82) is 0 Å². The van der Waals surface area contributed by atoms with Gasteiger partial charge < -0.3 is 9.47 Å². The number of nitrogens with zero attached hydrogens (tertiary/aromatic N) is 2. The number of hydrogen-bond donors (Lipinski definition) is 0. The average Bonchev–Trinajstić information content (AvgIpc) is 3.08. The molecule has 3 aromatic carbocycles. The highest BCUT2D eigenvalue weighted by atomic mass is 16.2. The molecule has 0 aliphatic carbocycles. The quantitative estimate of drug-likeness (QED) is 0.436. The van der Waals surface area contributed by atoms with Crippen molar-refractivity contribution in [1.82, 2.24) is 4.57 Å². The third-order valence-corrected chi connectivity index (χ3v) is 6.16. The molecule has 1 aliphatic heterocycles. The van der Waals surface area contributed by atoms with Crippen LogP contribution in [-0.2, 0) is 19.4 Å². The number of aromatic nitrogens is 1. The van der Waals surface area contributed by atoms with Crippen LogP contribution in [0.25, 0.3) is 10.9 Å². The summed E-state index contributed by atoms with van der Waals surface area (Å²) in [5.74, 6) is 0.115. The molecule has 0 fully saturated rings. The van der Waals surface area contributed by atoms with Gasteiger partial charge in [0, 0.05) is 24.2 Å². The minimum atomic E-state index is 0.115. The molecule has 3 heteroatoms. The van der Waals surface area contributed by atoms with Crippen molar-refractivity contribution in [2.24, 2.45) is 0 Å². The van der Waals surface area contributed by atoms with E-state index < -0.39 is 0 Å². The molecule has 0 atom stereocenters. The van der Waals surface area contributed by atoms with Crippen LogP contribution in [0.15, 0.2) is 72.8 Å². The SMILES string of the molecule is Cc1cc(C)c2c(c1)c1c(n2CCc2ccccc2)C(=O)N(c2ccccc2)CC1. The van der Waals surface area contributed by atoms with Gasteiger partial charge >= 0.3 is 0 Å². The van der Waals surface area contributed by atoms with Gasteiger partial charge in [-0.3, -0.25) is 4.79 Å². The van der Waals surface area contributed by atoms with Crippen molar-refractivity contribution in [2.45, 2.75) is 33.2 Å². The number of anilines is 1. The first-order chi connectivity index (χ1) is 14.6. The number of fused-ring (bicyclic) bond motifs is 3. The lowest BCUT2D eigenvalue weighted by atomic mass is 10.00. The first-order valence-electron chi connectivity index (χ1n) is 10.7. The van der Waals surface area contributed by atoms with E-state index in [1.807, 2.05) is 41.3 Å². The van der Waals surface area contributed by atoms with Crippen LogP contribution in [0.3, 0.4) is 0 Å². The third-order valence-electron chi connectivity index (χ3n) is 6.16. The smallest absolute Gasteiger partial charge is 0.275 e. The van der Waals surface area contributed by atoms with Crippen molar-refractivity contribution in [3.05, 3.63) is 101 Å². The van der Waals surface area contributed by atoms with Gasteiger partial charge in [-0.2, -0.15) is 0 Å². The fraction of sp³-hybridized carbons (Fsp3) is 0.222. The van der Waals surface area contributed by atoms with E-state index in [4.69, 9.17) is 0 Å². The van der Waals surface area contributed by atoms with Gasteiger partial charge in [0.05, 0.1) is 5.52 Å². The summed E-state index contributed by atoms with van der Waals surface area (Å²) in [7, 11) is 0. The molecule has 5 rings (SSSR count). The summed E-state index contributed by atoms with van der Waals surface area (Å²) in [6, 6.07) is 25.0. The molecule has 30 heavy (non-hydrogen) atoms. The van der Waals surface area contributed by atoms with E-state index in [0.29, 0.717) is 0 Å². The molecule has 0 unspecified atom stereocenters. The fourth-order valence-corrected chi connectivity index (χ4v) is 4.86. The highest BCUT2D eigenvalue weighted by molar-refractivity contribution is 6.11. The van der Waals surface area contributed by atoms with Gasteiger partial charge in [0.25, 0.3) is 5.91 Å². The summed E-state index contributed by atoms with van der Waals surface area (Å²) in [6.07, 6.45) is 1.79. The van der Waals surface area contributed by atoms with Gasteiger partial charge in [-0.15, -0.1) is 0 Å². The maximum Gasteiger partial charge on any atom is 0.275 e. The second-order valence-electron chi connectivity index (χ2n) is 8.23. The molecule has 1 aliphatic rings. The molecule has 0 saturated carbocycles. The summed E-state index contributed by atoms with van der Waals surface area (Å²) in [5.41, 5.74) is 8.05. The highest BCUT2D eigenvalue weighted by Gasteiger charge is 2.32. The number of benzene rings is 3. The van der Waals surface area contributed by atoms with Crippen molar-refractivity contribution < 1.29 is 4.79 Å². The van der Waals surface area contributed by atoms with Gasteiger partial charge in [0.15, 0.2) is 0 Å². The van der Waals surface area contributed by atoms with E-state index in [1.165, 1.54) is 33.2 Å². The van der Waals surface area contributed by atoms with Crippen LogP contribution in [0, 0.1) is 13.8 Å². The molecular weight excluding hydrogens is 368 g/mol. The number of aryl methyl sites for hydroxylation is 4. The maximum atomic E-state index is 13.7. The maximum absolute atomic E-state index is 13.7. The first-order valence-corrected chi connectivity index (χ1v) is 10.7. The van der Waals surface area contributed by atoms with Crippen molar-refractivity contribution >= 4 is 22.5 Å². The minimum Gasteiger partial charge on any atom is -0.336 e. The summed E-state index contributed by atoms with van der Waals surface area (Å²) in [4.78, 5) is 15.7. The highest BCUT2D eigenvalue weighted by Crippen LogP contribution is 2.35. The van der Waals surface area contributed by atoms with Gasteiger partial charge in [0.1, 0.15) is 5.69 Å². The van der Waals surface area contributed by atoms with E-state index >= 15 is 0 Å². The summed E-state index contributed by atoms with van der Waals surface area (Å²) >= 11 is 0. The first kappa shape index (κ1) is 18.7. The van der Waals surface area contributed by atoms with Crippen LogP contribution >= 0.6 is 0 Å². The third kappa shape index (κ3) is 3.11. The molecule has 0 saturated heterocycles. The second-order valence-corrected chi connectivity index (χ2v) is 8.23. The minimum absolute atomic E-state index is 0.115. The largest absolute Gasteiger partial charge is 0.336 e. The Kier molecular flexibility index (Phi) is 4.66. The van der Waals surface area contributed by atoms with Crippen LogP contribution < -0.4 is 4.90 Å². The van der Waals surface area contributed by atoms with E-state index in [2.05, 4.69) is 54.8 Å². The second kappa shape index (κ2) is 7.49. The van der Waals surface area contributed by atoms with Gasteiger partial charge in [-0.1, -0.05) is 60.2 Å². The Morgan fingerprint density at radius 1 is 0.900 bits per heavy atom. The van der Waals surface area contributed by atoms with Crippen molar-refractivity contribution in [3.63, 3.8) is 0 Å². The van der Waals surface area contributed by atoms with Gasteiger partial charge in [0.2, 0.25) is 0 Å². The van der Waals surface area contributed by atoms with E-state index in [1.54, 1.807) is 0 Å². The molecule has 0 N–H and O–H groups in total. The number of carbonyl (C=O) groups is 1. The Balaban J connectivity index is 1.65. The number of para-hydroxylation sites is 1. The van der Waals surface area contributed by atoms with Crippen molar-refractivity contribution in [3.8, 4) is 0 Å². The Bertz CT molecular complexity index is 1220. The predicted octanol–water partition coefficient (Wildman–Crippen LogP) is 5.70. The van der Waals surface area contributed by atoms with E-state index in [-0.39, 0.29) is 5.91 Å². The molecule has 1 aromatic heterocycles. The number of carbonyl (C=O) groups excluding carboxylic acids is 1. The number of hydrogen-bond acceptors (Lipinski definition) is 1. The molecule has 4 aromatic rings. The normalized spacial score (nSPS) is 13.7. The topological polar surface area (TPSA) is 25.2 Å². The Morgan fingerprint density at radius 2 is 1.60 bits per heavy atom. The number of amides is 1. The van der Waals surface area contributed by atoms with Crippen LogP contribution in [-0.4, -0.2) is 17.0 Å². The lowest BCUT2D eigenvalue weighted by molar-refractivity contribution is 0.0972. The lowest BCUT2D eigenvalue weighted by Gasteiger charge is -2.28. The van der Waals surface area contributed by atoms with Crippen LogP contribution in [0.4, 0.5) is 5.69 Å². The predicted molar refractivity (Wildman–Crippen MR) is 123 cm³/mol. The van der Waals surface area contributed by atoms with Gasteiger partial charge in [-0.05, 0) is 61.6 Å². The number of rotatable bonds is 4. The average molecular weight is 395 g/mol. The molecule has 0 radical (unpaired) electrons. The molecule has 150 valence electrons. The van der Waals surface area contributed by atoms with Crippen LogP contribution in [0.5, 0.6) is 0 Å². The summed E-state index contributed by atoms with van der Waals surface area (Å²) < 4.78 is 2.28. The molecule has 0 spiro atoms. The van der Waals surface area contributed by atoms with E-state index in [0.717, 1.165) is 37.3 Å². The molecule has 0 bridgehead atoms. The van der Waals surface area contributed by atoms with Gasteiger partial charge in [-0.25, -0.2) is 0 Å². The Hall–Kier alpha value is -3.33.